The molecule has 6 atom stereocenters. The van der Waals surface area contributed by atoms with Crippen LogP contribution in [0.4, 0.5) is 4.39 Å². The van der Waals surface area contributed by atoms with Crippen molar-refractivity contribution in [2.45, 2.75) is 28.5 Å². The summed E-state index contributed by atoms with van der Waals surface area (Å²) in [4.78, 5) is 48.6. The molecule has 3 fully saturated rings. The molecule has 2 heterocycles. The molecule has 1 aromatic rings. The molecule has 4 amide bonds. The number of carbonyl (C=O) groups is 4. The summed E-state index contributed by atoms with van der Waals surface area (Å²) in [5.74, 6) is -9.03. The molecule has 2 saturated heterocycles. The molecule has 1 saturated carbocycles. The van der Waals surface area contributed by atoms with Crippen LogP contribution in [0.15, 0.2) is 29.8 Å². The fourth-order valence-electron chi connectivity index (χ4n) is 5.85. The molecule has 5 rings (SSSR count). The van der Waals surface area contributed by atoms with Gasteiger partial charge >= 0.3 is 0 Å². The summed E-state index contributed by atoms with van der Waals surface area (Å²) in [6.07, 6.45) is 1.40. The first-order chi connectivity index (χ1) is 15.5. The van der Waals surface area contributed by atoms with Gasteiger partial charge in [-0.1, -0.05) is 39.7 Å². The van der Waals surface area contributed by atoms with Crippen molar-refractivity contribution in [2.75, 3.05) is 5.45 Å². The second-order valence-corrected chi connectivity index (χ2v) is 10.4. The van der Waals surface area contributed by atoms with Gasteiger partial charge in [0.25, 0.3) is 23.6 Å². The van der Waals surface area contributed by atoms with Gasteiger partial charge in [0.1, 0.15) is 0 Å². The number of nitrogens with zero attached hydrogens (tertiary/aromatic N) is 2. The standard InChI is InChI=1S/C21H16BrCl2FN2O6/c22-7-26-18(31)20(23)6-11-8(4-5-9-13(11)17(30)27(33)16(9)29)14(21(20,24)19(26)32)10-2-1-3-12(25)15(10)28/h1-4,9,11,13-14,28,33H,5-7H2. The molecule has 6 unspecified atom stereocenters. The summed E-state index contributed by atoms with van der Waals surface area (Å²) in [7, 11) is 0. The maximum absolute atomic E-state index is 14.4. The maximum atomic E-state index is 14.4. The number of likely N-dealkylation sites (tertiary alicyclic amines) is 1. The Hall–Kier alpha value is -2.01. The fraction of sp³-hybridized carbons (Fsp3) is 0.429. The van der Waals surface area contributed by atoms with E-state index in [0.717, 1.165) is 11.0 Å². The number of alkyl halides is 3. The number of hydrogen-bond acceptors (Lipinski definition) is 6. The highest BCUT2D eigenvalue weighted by molar-refractivity contribution is 9.09. The summed E-state index contributed by atoms with van der Waals surface area (Å²) >= 11 is 16.9. The Balaban J connectivity index is 1.78. The zero-order valence-corrected chi connectivity index (χ0v) is 19.8. The van der Waals surface area contributed by atoms with E-state index in [2.05, 4.69) is 15.9 Å². The van der Waals surface area contributed by atoms with E-state index in [1.54, 1.807) is 6.08 Å². The van der Waals surface area contributed by atoms with E-state index < -0.39 is 68.6 Å². The first-order valence-electron chi connectivity index (χ1n) is 10.0. The third-order valence-corrected chi connectivity index (χ3v) is 9.24. The van der Waals surface area contributed by atoms with Gasteiger partial charge < -0.3 is 5.11 Å². The van der Waals surface area contributed by atoms with E-state index in [4.69, 9.17) is 23.2 Å². The van der Waals surface area contributed by atoms with E-state index >= 15 is 0 Å². The van der Waals surface area contributed by atoms with Crippen LogP contribution in [0.2, 0.25) is 0 Å². The number of rotatable bonds is 2. The Labute approximate surface area is 205 Å². The van der Waals surface area contributed by atoms with Gasteiger partial charge in [0, 0.05) is 11.5 Å². The molecule has 1 aromatic carbocycles. The predicted octanol–water partition coefficient (Wildman–Crippen LogP) is 2.63. The molecule has 8 nitrogen and oxygen atoms in total. The summed E-state index contributed by atoms with van der Waals surface area (Å²) in [5.41, 5.74) is 0.115. The number of benzene rings is 1. The first-order valence-corrected chi connectivity index (χ1v) is 11.9. The fourth-order valence-corrected chi connectivity index (χ4v) is 7.26. The van der Waals surface area contributed by atoms with Crippen LogP contribution in [-0.4, -0.2) is 59.1 Å². The highest BCUT2D eigenvalue weighted by Gasteiger charge is 2.76. The van der Waals surface area contributed by atoms with Gasteiger partial charge in [0.15, 0.2) is 21.3 Å². The number of aromatic hydroxyl groups is 1. The molecular weight excluding hydrogens is 546 g/mol. The van der Waals surface area contributed by atoms with Gasteiger partial charge in [0.05, 0.1) is 17.3 Å². The minimum absolute atomic E-state index is 0.0528. The number of halogens is 4. The molecule has 12 heteroatoms. The summed E-state index contributed by atoms with van der Waals surface area (Å²) in [6.45, 7) is 0. The van der Waals surface area contributed by atoms with Crippen LogP contribution in [0.1, 0.15) is 24.3 Å². The Bertz CT molecular complexity index is 1180. The highest BCUT2D eigenvalue weighted by atomic mass is 79.9. The van der Waals surface area contributed by atoms with Crippen LogP contribution in [0.3, 0.4) is 0 Å². The summed E-state index contributed by atoms with van der Waals surface area (Å²) < 4.78 is 14.4. The van der Waals surface area contributed by atoms with Gasteiger partial charge in [-0.25, -0.2) is 4.39 Å². The van der Waals surface area contributed by atoms with Crippen molar-refractivity contribution < 1.29 is 33.9 Å². The number of allylic oxidation sites excluding steroid dienone is 2. The molecule has 0 bridgehead atoms. The number of amides is 4. The highest BCUT2D eigenvalue weighted by Crippen LogP contribution is 2.66. The van der Waals surface area contributed by atoms with Gasteiger partial charge in [0.2, 0.25) is 0 Å². The minimum Gasteiger partial charge on any atom is -0.505 e. The topological polar surface area (TPSA) is 115 Å². The molecule has 174 valence electrons. The lowest BCUT2D eigenvalue weighted by atomic mass is 9.56. The molecule has 2 N–H and O–H groups in total. The molecule has 4 aliphatic rings. The normalized spacial score (nSPS) is 37.8. The number of fused-ring (bicyclic) bond motifs is 4. The van der Waals surface area contributed by atoms with E-state index in [1.807, 2.05) is 0 Å². The second-order valence-electron chi connectivity index (χ2n) is 8.65. The number of phenolic OH excluding ortho intramolecular Hbond substituents is 1. The lowest BCUT2D eigenvalue weighted by Crippen LogP contribution is -2.60. The summed E-state index contributed by atoms with van der Waals surface area (Å²) in [6, 6.07) is 3.71. The van der Waals surface area contributed by atoms with Crippen LogP contribution >= 0.6 is 39.1 Å². The van der Waals surface area contributed by atoms with Crippen LogP contribution in [0.25, 0.3) is 0 Å². The van der Waals surface area contributed by atoms with Crippen LogP contribution in [-0.2, 0) is 19.2 Å². The predicted molar refractivity (Wildman–Crippen MR) is 115 cm³/mol. The van der Waals surface area contributed by atoms with Crippen molar-refractivity contribution in [3.05, 3.63) is 41.2 Å². The third-order valence-electron chi connectivity index (χ3n) is 7.32. The third kappa shape index (κ3) is 2.60. The number of para-hydroxylation sites is 1. The quantitative estimate of drug-likeness (QED) is 0.189. The van der Waals surface area contributed by atoms with Crippen LogP contribution in [0, 0.1) is 23.6 Å². The SMILES string of the molecule is O=C1C2CC=C3C(CC4(Cl)C(=O)N(CBr)C(=O)C4(Cl)C3c3cccc(F)c3O)C2C(=O)N1O. The van der Waals surface area contributed by atoms with E-state index in [0.29, 0.717) is 5.57 Å². The van der Waals surface area contributed by atoms with E-state index in [9.17, 15) is 33.9 Å². The smallest absolute Gasteiger partial charge is 0.257 e. The van der Waals surface area contributed by atoms with Crippen molar-refractivity contribution in [1.82, 2.24) is 9.96 Å². The number of imide groups is 2. The number of hydroxylamine groups is 2. The van der Waals surface area contributed by atoms with Gasteiger partial charge in [-0.15, -0.1) is 23.2 Å². The molecular formula is C21H16BrCl2FN2O6. The lowest BCUT2D eigenvalue weighted by molar-refractivity contribution is -0.173. The average molecular weight is 562 g/mol. The Morgan fingerprint density at radius 1 is 1.12 bits per heavy atom. The molecule has 2 aliphatic carbocycles. The lowest BCUT2D eigenvalue weighted by Gasteiger charge is -2.50. The van der Waals surface area contributed by atoms with Crippen molar-refractivity contribution >= 4 is 62.8 Å². The number of phenols is 1. The molecule has 0 spiro atoms. The van der Waals surface area contributed by atoms with Crippen molar-refractivity contribution in [3.8, 4) is 5.75 Å². The Morgan fingerprint density at radius 3 is 2.48 bits per heavy atom. The average Bonchev–Trinajstić information content (AvgIpc) is 3.09. The largest absolute Gasteiger partial charge is 0.505 e. The van der Waals surface area contributed by atoms with Gasteiger partial charge in [-0.3, -0.25) is 29.3 Å². The summed E-state index contributed by atoms with van der Waals surface area (Å²) in [5, 5.41) is 20.6. The van der Waals surface area contributed by atoms with Crippen LogP contribution in [0.5, 0.6) is 5.75 Å². The molecule has 0 aromatic heterocycles. The van der Waals surface area contributed by atoms with Crippen molar-refractivity contribution in [1.29, 1.82) is 0 Å². The number of carbonyl (C=O) groups excluding carboxylic acids is 4. The van der Waals surface area contributed by atoms with Gasteiger partial charge in [-0.05, 0) is 24.8 Å². The maximum Gasteiger partial charge on any atom is 0.257 e. The van der Waals surface area contributed by atoms with Crippen molar-refractivity contribution in [3.63, 3.8) is 0 Å². The van der Waals surface area contributed by atoms with Crippen molar-refractivity contribution in [2.24, 2.45) is 17.8 Å². The molecule has 2 aliphatic heterocycles. The number of hydrogen-bond donors (Lipinski definition) is 2. The van der Waals surface area contributed by atoms with E-state index in [1.165, 1.54) is 12.1 Å². The molecule has 0 radical (unpaired) electrons. The first kappa shape index (κ1) is 22.8. The minimum atomic E-state index is -2.13. The Kier molecular flexibility index (Phi) is 5.00. The molecule has 33 heavy (non-hydrogen) atoms. The second kappa shape index (κ2) is 7.24. The Morgan fingerprint density at radius 2 is 1.82 bits per heavy atom. The zero-order chi connectivity index (χ0) is 24.0. The monoisotopic (exact) mass is 560 g/mol. The van der Waals surface area contributed by atoms with Gasteiger partial charge in [-0.2, -0.15) is 5.06 Å². The zero-order valence-electron chi connectivity index (χ0n) is 16.7. The van der Waals surface area contributed by atoms with E-state index in [-0.39, 0.29) is 28.9 Å². The van der Waals surface area contributed by atoms with Crippen LogP contribution < -0.4 is 0 Å².